The molecule has 5 aliphatic rings. The fraction of sp³-hybridized carbons (Fsp3) is 0.641. The van der Waals surface area contributed by atoms with Crippen LogP contribution >= 0.6 is 39.1 Å². The van der Waals surface area contributed by atoms with Crippen molar-refractivity contribution in [1.29, 1.82) is 1.28 Å². The molecule has 3 aliphatic carbocycles. The van der Waals surface area contributed by atoms with Gasteiger partial charge in [0.1, 0.15) is 0 Å². The number of aliphatic hydroxyl groups excluding tert-OH is 2. The first kappa shape index (κ1) is 104. The van der Waals surface area contributed by atoms with Gasteiger partial charge in [0.2, 0.25) is 0 Å². The van der Waals surface area contributed by atoms with Gasteiger partial charge in [-0.15, -0.1) is 23.2 Å². The standard InChI is InChI=1S/C33H48O6.C28H40O5.C24H36O3.C5H10O.CH2Cl2.CH4.H2O.H2P2S/c1-5-6-7-10-26-12-14-27(15-13-26)28-16-18-29(19-17-28)30(22-38-32(34)24(2)3)23-39-33(35)25(4)21-37-31-11-8-9-20-36-31;1-5-6-7-8-22-9-11-23(12-10-22)24-13-15-25(16-14-24)26(18-32-27(30)20(2)3)19-33-28(31)21(4)17-29;1-4-5-6-7-19-8-10-20(11-9-19)21-12-14-22(15-13-21)23(16-25)17-27-24(26)18(2)3;1-5-3-2-4-6-5;2-1-3;;;1-2-3/h12-15,28-31H,2,4-11,16-23H2,1,3H3;9-12,24-26,29H,2,4-8,13-19H2,1,3H3;8-11,21-23,25H,2,4-7,12-17H2,1,3H3;5H,2-4H2,1H3;1H2;1H4;1H2;1H2/p+1/i/hT. The van der Waals surface area contributed by atoms with E-state index in [4.69, 9.17) is 67.5 Å². The van der Waals surface area contributed by atoms with Gasteiger partial charge in [-0.2, -0.15) is 0 Å². The smallest absolute Gasteiger partial charge is 0.355 e. The number of benzene rings is 3. The highest BCUT2D eigenvalue weighted by Gasteiger charge is 2.34. The van der Waals surface area contributed by atoms with Crippen molar-refractivity contribution in [1.82, 2.24) is 0 Å². The van der Waals surface area contributed by atoms with E-state index in [2.05, 4.69) is 154 Å². The lowest BCUT2D eigenvalue weighted by Crippen LogP contribution is -2.31. The lowest BCUT2D eigenvalue weighted by atomic mass is 9.74. The van der Waals surface area contributed by atoms with Crippen LogP contribution in [-0.4, -0.2) is 131 Å². The second-order valence-electron chi connectivity index (χ2n) is 30.7. The molecular formula is C92H145Cl2O16P2S+. The highest BCUT2D eigenvalue weighted by molar-refractivity contribution is 8.24. The molecule has 113 heavy (non-hydrogen) atoms. The molecule has 3 saturated carbocycles. The van der Waals surface area contributed by atoms with E-state index in [9.17, 15) is 29.1 Å². The molecule has 0 aromatic heterocycles. The van der Waals surface area contributed by atoms with Crippen molar-refractivity contribution in [3.63, 3.8) is 0 Å². The van der Waals surface area contributed by atoms with Crippen molar-refractivity contribution < 1.29 is 77.6 Å². The number of carbonyl (C=O) groups is 5. The lowest BCUT2D eigenvalue weighted by Gasteiger charge is -2.33. The third-order valence-corrected chi connectivity index (χ3v) is 21.8. The molecule has 0 amide bonds. The van der Waals surface area contributed by atoms with Gasteiger partial charge in [-0.25, -0.2) is 24.0 Å². The van der Waals surface area contributed by atoms with E-state index in [1.165, 1.54) is 110 Å². The number of alkyl halides is 2. The Morgan fingerprint density at radius 2 is 0.805 bits per heavy atom. The number of rotatable bonds is 38. The zero-order valence-electron chi connectivity index (χ0n) is 70.0. The number of carbonyl (C=O) groups excluding carboxylic acids is 5. The van der Waals surface area contributed by atoms with Crippen LogP contribution in [0.25, 0.3) is 0 Å². The second-order valence-corrected chi connectivity index (χ2v) is 34.3. The number of unbranched alkanes of at least 4 members (excludes halogenated alkanes) is 6. The van der Waals surface area contributed by atoms with Crippen LogP contribution in [-0.2, 0) is 92.9 Å². The zero-order valence-corrected chi connectivity index (χ0v) is 73.4. The number of halogens is 2. The first-order valence-corrected chi connectivity index (χ1v) is 45.7. The quantitative estimate of drug-likeness (QED) is 0.0136. The number of hydrogen-bond donors (Lipinski definition) is 2. The second kappa shape index (κ2) is 64.1. The van der Waals surface area contributed by atoms with Gasteiger partial charge in [-0.1, -0.05) is 172 Å². The van der Waals surface area contributed by atoms with E-state index in [1.807, 2.05) is 0 Å². The summed E-state index contributed by atoms with van der Waals surface area (Å²) in [6.07, 6.45) is 33.2. The van der Waals surface area contributed by atoms with E-state index in [0.29, 0.717) is 71.5 Å². The van der Waals surface area contributed by atoms with Crippen LogP contribution < -0.4 is 0 Å². The summed E-state index contributed by atoms with van der Waals surface area (Å²) in [4.78, 5) is 60.2. The van der Waals surface area contributed by atoms with Crippen molar-refractivity contribution in [2.45, 2.75) is 272 Å². The summed E-state index contributed by atoms with van der Waals surface area (Å²) in [6, 6.07) is 27.5. The molecule has 7 atom stereocenters. The molecule has 3 aromatic rings. The fourth-order valence-electron chi connectivity index (χ4n) is 14.7. The van der Waals surface area contributed by atoms with Crippen LogP contribution in [0.4, 0.5) is 0 Å². The largest absolute Gasteiger partial charge is 0.462 e. The Morgan fingerprint density at radius 3 is 1.07 bits per heavy atom. The molecule has 21 heteroatoms. The van der Waals surface area contributed by atoms with Crippen molar-refractivity contribution in [3.05, 3.63) is 167 Å². The molecule has 2 saturated heterocycles. The number of aryl methyl sites for hydroxylation is 3. The average molecular weight is 1670 g/mol. The maximum atomic E-state index is 12.6. The molecule has 638 valence electrons. The zero-order chi connectivity index (χ0) is 82.6. The SMILES string of the molecule is C.C=C(C)C(=O)OCC(CO)C1CCC(c2ccc(CCCCC)cc2)CC1.C=C(C)C(=O)OCC(COC(=O)C(=C)CO)C1CCC(c2ccc(CCCCC)cc2)CC1.C=C(C)C(=O)OCC(COC(=O)C(=C)COC1CCCCO1)C1CCC(c2ccc(CCCCC)cc2)CC1.CC1CCCO1.ClCCl.O.[3H][P+](P)=S. The highest BCUT2D eigenvalue weighted by atomic mass is 35.5. The minimum absolute atomic E-state index is 0. The van der Waals surface area contributed by atoms with Gasteiger partial charge in [-0.3, -0.25) is 0 Å². The summed E-state index contributed by atoms with van der Waals surface area (Å²) < 4.78 is 50.0. The molecular weight excluding hydrogens is 1530 g/mol. The Bertz CT molecular complexity index is 3210. The third kappa shape index (κ3) is 44.4. The predicted octanol–water partition coefficient (Wildman–Crippen LogP) is 21.3. The van der Waals surface area contributed by atoms with Gasteiger partial charge in [0, 0.05) is 54.3 Å². The summed E-state index contributed by atoms with van der Waals surface area (Å²) >= 11 is 13.8. The summed E-state index contributed by atoms with van der Waals surface area (Å²) in [5.41, 5.74) is 9.93. The van der Waals surface area contributed by atoms with Crippen molar-refractivity contribution in [3.8, 4) is 0 Å². The van der Waals surface area contributed by atoms with E-state index in [1.54, 1.807) is 20.8 Å². The summed E-state index contributed by atoms with van der Waals surface area (Å²) in [5, 5.41) is 19.0. The minimum atomic E-state index is -0.870. The average Bonchev–Trinajstić information content (AvgIpc) is 1.02. The summed E-state index contributed by atoms with van der Waals surface area (Å²) in [7, 11) is 2.20. The Kier molecular flexibility index (Phi) is 59.0. The molecule has 16 nitrogen and oxygen atoms in total. The van der Waals surface area contributed by atoms with Gasteiger partial charge in [0.25, 0.3) is 0 Å². The molecule has 8 rings (SSSR count). The van der Waals surface area contributed by atoms with Gasteiger partial charge < -0.3 is 53.6 Å². The Labute approximate surface area is 701 Å². The van der Waals surface area contributed by atoms with E-state index in [-0.39, 0.29) is 99.0 Å². The molecule has 3 aromatic carbocycles. The Hall–Kier alpha value is -5.00. The van der Waals surface area contributed by atoms with Gasteiger partial charge in [0.05, 0.1) is 77.8 Å². The summed E-state index contributed by atoms with van der Waals surface area (Å²) in [6.45, 7) is 33.5. The first-order chi connectivity index (χ1) is 53.8. The fourth-order valence-corrected chi connectivity index (χ4v) is 14.7. The molecule has 4 N–H and O–H groups in total. The van der Waals surface area contributed by atoms with Crippen LogP contribution in [0, 0.1) is 35.5 Å². The van der Waals surface area contributed by atoms with E-state index in [0.717, 1.165) is 116 Å². The normalized spacial score (nSPS) is 20.5. The molecule has 0 bridgehead atoms. The first-order valence-electron chi connectivity index (χ1n) is 41.6. The number of esters is 5. The van der Waals surface area contributed by atoms with Gasteiger partial charge in [-0.05, 0) is 244 Å². The summed E-state index contributed by atoms with van der Waals surface area (Å²) in [5.74, 6) is 0.284. The van der Waals surface area contributed by atoms with Crippen molar-refractivity contribution in [2.75, 3.05) is 71.4 Å². The monoisotopic (exact) mass is 1670 g/mol. The Balaban J connectivity index is 0.000000792. The maximum absolute atomic E-state index is 12.6. The number of aliphatic hydroxyl groups is 2. The van der Waals surface area contributed by atoms with Crippen LogP contribution in [0.2, 0.25) is 0 Å². The maximum Gasteiger partial charge on any atom is 0.355 e. The highest BCUT2D eigenvalue weighted by Crippen LogP contribution is 2.42. The minimum Gasteiger partial charge on any atom is -0.462 e. The molecule has 7 unspecified atom stereocenters. The van der Waals surface area contributed by atoms with Crippen molar-refractivity contribution >= 4 is 80.8 Å². The van der Waals surface area contributed by atoms with Crippen LogP contribution in [0.3, 0.4) is 0 Å². The molecule has 5 fully saturated rings. The lowest BCUT2D eigenvalue weighted by molar-refractivity contribution is -0.161. The van der Waals surface area contributed by atoms with Crippen LogP contribution in [0.15, 0.2) is 134 Å². The topological polar surface area (TPSA) is 231 Å². The predicted molar refractivity (Wildman–Crippen MR) is 472 cm³/mol. The molecule has 0 spiro atoms. The number of ether oxygens (including phenoxy) is 8. The van der Waals surface area contributed by atoms with Gasteiger partial charge in [0.15, 0.2) is 25.1 Å². The van der Waals surface area contributed by atoms with Crippen molar-refractivity contribution in [2.24, 2.45) is 35.5 Å². The molecule has 2 aliphatic heterocycles. The van der Waals surface area contributed by atoms with E-state index < -0.39 is 37.5 Å². The van der Waals surface area contributed by atoms with E-state index >= 15 is 0 Å². The Morgan fingerprint density at radius 1 is 0.496 bits per heavy atom. The van der Waals surface area contributed by atoms with Crippen LogP contribution in [0.1, 0.15) is 274 Å². The van der Waals surface area contributed by atoms with Crippen LogP contribution in [0.5, 0.6) is 0 Å². The number of hydrogen-bond acceptors (Lipinski definition) is 16. The van der Waals surface area contributed by atoms with Gasteiger partial charge >= 0.3 is 31.1 Å². The third-order valence-electron chi connectivity index (χ3n) is 21.8. The molecule has 2 heterocycles. The molecule has 0 radical (unpaired) electrons.